The Morgan fingerprint density at radius 1 is 1.04 bits per heavy atom. The van der Waals surface area contributed by atoms with Gasteiger partial charge in [-0.2, -0.15) is 0 Å². The fourth-order valence-electron chi connectivity index (χ4n) is 2.95. The Labute approximate surface area is 172 Å². The van der Waals surface area contributed by atoms with Crippen LogP contribution in [0.3, 0.4) is 0 Å². The lowest BCUT2D eigenvalue weighted by Gasteiger charge is -2.37. The highest BCUT2D eigenvalue weighted by atomic mass is 28.4. The number of phenols is 1. The van der Waals surface area contributed by atoms with E-state index < -0.39 is 13.9 Å². The lowest BCUT2D eigenvalue weighted by molar-refractivity contribution is -0.153. The van der Waals surface area contributed by atoms with Crippen LogP contribution in [0, 0.1) is 0 Å². The minimum Gasteiger partial charge on any atom is -0.508 e. The van der Waals surface area contributed by atoms with Crippen LogP contribution in [0.4, 0.5) is 0 Å². The van der Waals surface area contributed by atoms with Gasteiger partial charge in [0.1, 0.15) is 11.4 Å². The van der Waals surface area contributed by atoms with Crippen LogP contribution in [0.1, 0.15) is 72.9 Å². The molecule has 1 aromatic carbocycles. The molecule has 0 aliphatic rings. The molecule has 0 radical (unpaired) electrons. The number of rotatable bonds is 7. The summed E-state index contributed by atoms with van der Waals surface area (Å²) in [5.41, 5.74) is 0.761. The maximum atomic E-state index is 12.4. The fraction of sp³-hybridized carbons (Fsp3) is 0.696. The van der Waals surface area contributed by atoms with Crippen LogP contribution in [-0.4, -0.2) is 31.6 Å². The summed E-state index contributed by atoms with van der Waals surface area (Å²) in [6.07, 6.45) is 0.909. The first-order chi connectivity index (χ1) is 12.5. The molecule has 0 aliphatic heterocycles. The van der Waals surface area contributed by atoms with Crippen molar-refractivity contribution in [3.05, 3.63) is 29.3 Å². The molecule has 0 saturated heterocycles. The van der Waals surface area contributed by atoms with E-state index in [4.69, 9.17) is 9.16 Å². The van der Waals surface area contributed by atoms with Crippen molar-refractivity contribution in [1.82, 2.24) is 0 Å². The number of hydrogen-bond donors (Lipinski definition) is 1. The van der Waals surface area contributed by atoms with Crippen molar-refractivity contribution in [3.63, 3.8) is 0 Å². The molecule has 4 nitrogen and oxygen atoms in total. The van der Waals surface area contributed by atoms with E-state index in [0.717, 1.165) is 17.5 Å². The number of carbonyl (C=O) groups is 1. The van der Waals surface area contributed by atoms with Crippen molar-refractivity contribution in [2.24, 2.45) is 0 Å². The molecule has 1 N–H and O–H groups in total. The van der Waals surface area contributed by atoms with Crippen molar-refractivity contribution >= 4 is 14.3 Å². The number of esters is 1. The second-order valence-corrected chi connectivity index (χ2v) is 15.6. The van der Waals surface area contributed by atoms with Crippen LogP contribution in [-0.2, 0) is 25.8 Å². The summed E-state index contributed by atoms with van der Waals surface area (Å²) in [4.78, 5) is 12.4. The highest BCUT2D eigenvalue weighted by Crippen LogP contribution is 2.39. The van der Waals surface area contributed by atoms with E-state index in [1.165, 1.54) is 0 Å². The van der Waals surface area contributed by atoms with Crippen molar-refractivity contribution in [2.45, 2.75) is 97.4 Å². The number of ether oxygens (including phenoxy) is 1. The van der Waals surface area contributed by atoms with E-state index in [1.54, 1.807) is 12.1 Å². The SMILES string of the molecule is CC(C)(C)OC(=O)Cc1cccc(O)c1C(C)(C)CCO[Si](C)(C)C(C)(C)C. The van der Waals surface area contributed by atoms with Crippen LogP contribution in [0.15, 0.2) is 18.2 Å². The topological polar surface area (TPSA) is 55.8 Å². The molecule has 0 heterocycles. The molecule has 1 rings (SSSR count). The van der Waals surface area contributed by atoms with Gasteiger partial charge in [0.25, 0.3) is 0 Å². The van der Waals surface area contributed by atoms with Crippen LogP contribution >= 0.6 is 0 Å². The third-order valence-electron chi connectivity index (χ3n) is 5.56. The number of carbonyl (C=O) groups excluding carboxylic acids is 1. The van der Waals surface area contributed by atoms with Gasteiger partial charge in [0, 0.05) is 12.2 Å². The summed E-state index contributed by atoms with van der Waals surface area (Å²) in [6.45, 7) is 21.6. The van der Waals surface area contributed by atoms with Crippen molar-refractivity contribution in [1.29, 1.82) is 0 Å². The maximum absolute atomic E-state index is 12.4. The average Bonchev–Trinajstić information content (AvgIpc) is 2.42. The quantitative estimate of drug-likeness (QED) is 0.446. The summed E-state index contributed by atoms with van der Waals surface area (Å²) >= 11 is 0. The minimum absolute atomic E-state index is 0.146. The molecule has 28 heavy (non-hydrogen) atoms. The monoisotopic (exact) mass is 408 g/mol. The largest absolute Gasteiger partial charge is 0.508 e. The number of benzene rings is 1. The molecule has 0 fully saturated rings. The molecule has 0 aliphatic carbocycles. The molecular weight excluding hydrogens is 368 g/mol. The van der Waals surface area contributed by atoms with Gasteiger partial charge in [-0.15, -0.1) is 0 Å². The van der Waals surface area contributed by atoms with Crippen molar-refractivity contribution in [3.8, 4) is 5.75 Å². The lowest BCUT2D eigenvalue weighted by Crippen LogP contribution is -2.41. The zero-order valence-corrected chi connectivity index (χ0v) is 20.5. The van der Waals surface area contributed by atoms with E-state index in [2.05, 4.69) is 47.7 Å². The van der Waals surface area contributed by atoms with E-state index in [1.807, 2.05) is 26.8 Å². The third kappa shape index (κ3) is 6.93. The molecular formula is C23H40O4Si. The molecule has 5 heteroatoms. The number of aromatic hydroxyl groups is 1. The predicted molar refractivity (Wildman–Crippen MR) is 118 cm³/mol. The summed E-state index contributed by atoms with van der Waals surface area (Å²) < 4.78 is 11.8. The van der Waals surface area contributed by atoms with Crippen LogP contribution in [0.25, 0.3) is 0 Å². The van der Waals surface area contributed by atoms with Gasteiger partial charge >= 0.3 is 5.97 Å². The van der Waals surface area contributed by atoms with E-state index in [9.17, 15) is 9.90 Å². The first kappa shape index (κ1) is 24.7. The molecule has 0 bridgehead atoms. The van der Waals surface area contributed by atoms with Gasteiger partial charge < -0.3 is 14.3 Å². The summed E-state index contributed by atoms with van der Waals surface area (Å²) in [6, 6.07) is 5.36. The standard InChI is InChI=1S/C23H40O4Si/c1-21(2,3)27-19(25)16-17-12-11-13-18(24)20(17)23(7,8)14-15-26-28(9,10)22(4,5)6/h11-13,24H,14-16H2,1-10H3. The Balaban J connectivity index is 3.00. The first-order valence-electron chi connectivity index (χ1n) is 10.1. The van der Waals surface area contributed by atoms with Crippen LogP contribution < -0.4 is 0 Å². The normalized spacial score (nSPS) is 13.5. The number of phenolic OH excluding ortho intramolecular Hbond substituents is 1. The Hall–Kier alpha value is -1.33. The first-order valence-corrected chi connectivity index (χ1v) is 13.0. The predicted octanol–water partition coefficient (Wildman–Crippen LogP) is 5.97. The van der Waals surface area contributed by atoms with Crippen LogP contribution in [0.5, 0.6) is 5.75 Å². The van der Waals surface area contributed by atoms with Gasteiger partial charge in [-0.1, -0.05) is 46.8 Å². The Morgan fingerprint density at radius 2 is 1.61 bits per heavy atom. The summed E-state index contributed by atoms with van der Waals surface area (Å²) in [7, 11) is -1.82. The molecule has 160 valence electrons. The molecule has 1 aromatic rings. The average molecular weight is 409 g/mol. The Morgan fingerprint density at radius 3 is 2.11 bits per heavy atom. The molecule has 0 saturated carbocycles. The van der Waals surface area contributed by atoms with Gasteiger partial charge in [0.05, 0.1) is 6.42 Å². The molecule has 0 aromatic heterocycles. The second kappa shape index (κ2) is 8.58. The Bertz CT molecular complexity index is 679. The van der Waals surface area contributed by atoms with Gasteiger partial charge in [-0.05, 0) is 62.4 Å². The van der Waals surface area contributed by atoms with E-state index in [0.29, 0.717) is 6.61 Å². The van der Waals surface area contributed by atoms with E-state index >= 15 is 0 Å². The maximum Gasteiger partial charge on any atom is 0.310 e. The van der Waals surface area contributed by atoms with Crippen molar-refractivity contribution in [2.75, 3.05) is 6.61 Å². The van der Waals surface area contributed by atoms with E-state index in [-0.39, 0.29) is 28.6 Å². The van der Waals surface area contributed by atoms with Gasteiger partial charge in [-0.3, -0.25) is 4.79 Å². The number of hydrogen-bond acceptors (Lipinski definition) is 4. The Kier molecular flexibility index (Phi) is 7.57. The third-order valence-corrected chi connectivity index (χ3v) is 10.1. The van der Waals surface area contributed by atoms with Gasteiger partial charge in [0.2, 0.25) is 0 Å². The highest BCUT2D eigenvalue weighted by molar-refractivity contribution is 6.74. The summed E-state index contributed by atoms with van der Waals surface area (Å²) in [5.74, 6) is -0.0638. The zero-order valence-electron chi connectivity index (χ0n) is 19.5. The fourth-order valence-corrected chi connectivity index (χ4v) is 4.00. The van der Waals surface area contributed by atoms with Crippen LogP contribution in [0.2, 0.25) is 18.1 Å². The zero-order chi connectivity index (χ0) is 22.0. The van der Waals surface area contributed by atoms with Gasteiger partial charge in [-0.25, -0.2) is 0 Å². The highest BCUT2D eigenvalue weighted by Gasteiger charge is 2.38. The second-order valence-electron chi connectivity index (χ2n) is 10.8. The minimum atomic E-state index is -1.82. The molecule has 0 atom stereocenters. The smallest absolute Gasteiger partial charge is 0.310 e. The van der Waals surface area contributed by atoms with Gasteiger partial charge in [0.15, 0.2) is 8.32 Å². The van der Waals surface area contributed by atoms with Crippen molar-refractivity contribution < 1.29 is 19.1 Å². The molecule has 0 unspecified atom stereocenters. The lowest BCUT2D eigenvalue weighted by atomic mass is 9.78. The molecule has 0 amide bonds. The molecule has 0 spiro atoms. The summed E-state index contributed by atoms with van der Waals surface area (Å²) in [5, 5.41) is 10.7.